The Morgan fingerprint density at radius 3 is 2.58 bits per heavy atom. The highest BCUT2D eigenvalue weighted by atomic mass is 35.5. The highest BCUT2D eigenvalue weighted by molar-refractivity contribution is 6.30. The molecule has 0 aliphatic carbocycles. The monoisotopic (exact) mass is 563 g/mol. The number of halogens is 1. The number of rotatable bonds is 10. The van der Waals surface area contributed by atoms with Gasteiger partial charge in [-0.1, -0.05) is 43.6 Å². The van der Waals surface area contributed by atoms with Crippen LogP contribution in [-0.2, 0) is 4.74 Å². The average molecular weight is 564 g/mol. The van der Waals surface area contributed by atoms with Gasteiger partial charge in [0.05, 0.1) is 25.5 Å². The molecule has 1 atom stereocenters. The molecule has 0 fully saturated rings. The zero-order valence-electron chi connectivity index (χ0n) is 23.7. The van der Waals surface area contributed by atoms with E-state index < -0.39 is 0 Å². The fourth-order valence-corrected chi connectivity index (χ4v) is 5.27. The first-order valence-electron chi connectivity index (χ1n) is 13.9. The van der Waals surface area contributed by atoms with Crippen molar-refractivity contribution >= 4 is 34.8 Å². The second-order valence-corrected chi connectivity index (χ2v) is 10.3. The second-order valence-electron chi connectivity index (χ2n) is 9.87. The van der Waals surface area contributed by atoms with Crippen molar-refractivity contribution in [3.63, 3.8) is 0 Å². The van der Waals surface area contributed by atoms with Gasteiger partial charge in [0.15, 0.2) is 0 Å². The highest BCUT2D eigenvalue weighted by Crippen LogP contribution is 2.38. The number of anilines is 2. The Bertz CT molecular complexity index is 1340. The van der Waals surface area contributed by atoms with Gasteiger partial charge in [-0.3, -0.25) is 9.59 Å². The molecule has 1 unspecified atom stereocenters. The number of fused-ring (bicyclic) bond motifs is 1. The molecule has 0 spiro atoms. The SMILES string of the molecule is CCN(CC)CCOC1CCCN(C(=O)c2ccc(NC(=O)c3ccccc3C)c(OC)c2)c2ccc(Cl)cc21. The van der Waals surface area contributed by atoms with E-state index in [0.717, 1.165) is 49.3 Å². The minimum atomic E-state index is -0.235. The molecular weight excluding hydrogens is 526 g/mol. The molecule has 3 aromatic rings. The fraction of sp³-hybridized carbons (Fsp3) is 0.375. The molecule has 0 saturated heterocycles. The predicted octanol–water partition coefficient (Wildman–Crippen LogP) is 6.75. The number of hydrogen-bond donors (Lipinski definition) is 1. The molecule has 40 heavy (non-hydrogen) atoms. The van der Waals surface area contributed by atoms with Crippen LogP contribution < -0.4 is 15.0 Å². The van der Waals surface area contributed by atoms with Crippen molar-refractivity contribution in [1.82, 2.24) is 4.90 Å². The zero-order valence-corrected chi connectivity index (χ0v) is 24.5. The largest absolute Gasteiger partial charge is 0.495 e. The van der Waals surface area contributed by atoms with Gasteiger partial charge in [0, 0.05) is 40.5 Å². The standard InChI is InChI=1S/C32H38ClN3O4/c1-5-35(6-2)18-19-40-29-12-9-17-36(28-16-14-24(33)21-26(28)29)32(38)23-13-15-27(30(20-23)39-4)34-31(37)25-11-8-7-10-22(25)3/h7-8,10-11,13-16,20-21,29H,5-6,9,12,17-19H2,1-4H3,(H,34,37). The number of nitrogens with zero attached hydrogens (tertiary/aromatic N) is 2. The number of likely N-dealkylation sites (N-methyl/N-ethyl adjacent to an activating group) is 1. The third-order valence-corrected chi connectivity index (χ3v) is 7.66. The van der Waals surface area contributed by atoms with Gasteiger partial charge in [-0.15, -0.1) is 0 Å². The smallest absolute Gasteiger partial charge is 0.258 e. The van der Waals surface area contributed by atoms with Crippen LogP contribution in [0.5, 0.6) is 5.75 Å². The van der Waals surface area contributed by atoms with Gasteiger partial charge in [-0.05, 0) is 80.9 Å². The van der Waals surface area contributed by atoms with E-state index in [-0.39, 0.29) is 17.9 Å². The molecule has 0 aromatic heterocycles. The quantitative estimate of drug-likeness (QED) is 0.295. The Hall–Kier alpha value is -3.39. The van der Waals surface area contributed by atoms with Crippen molar-refractivity contribution in [2.45, 2.75) is 39.7 Å². The zero-order chi connectivity index (χ0) is 28.6. The summed E-state index contributed by atoms with van der Waals surface area (Å²) in [5.41, 5.74) is 4.15. The van der Waals surface area contributed by atoms with Gasteiger partial charge in [0.2, 0.25) is 0 Å². The van der Waals surface area contributed by atoms with Gasteiger partial charge in [0.25, 0.3) is 11.8 Å². The van der Waals surface area contributed by atoms with Gasteiger partial charge in [-0.25, -0.2) is 0 Å². The van der Waals surface area contributed by atoms with Crippen LogP contribution in [0.25, 0.3) is 0 Å². The second kappa shape index (κ2) is 13.8. The molecular formula is C32H38ClN3O4. The first-order valence-corrected chi connectivity index (χ1v) is 14.2. The molecule has 2 amide bonds. The van der Waals surface area contributed by atoms with Gasteiger partial charge in [-0.2, -0.15) is 0 Å². The minimum absolute atomic E-state index is 0.143. The molecule has 1 heterocycles. The third kappa shape index (κ3) is 6.84. The Morgan fingerprint density at radius 2 is 1.85 bits per heavy atom. The minimum Gasteiger partial charge on any atom is -0.495 e. The summed E-state index contributed by atoms with van der Waals surface area (Å²) in [6.07, 6.45) is 1.44. The lowest BCUT2D eigenvalue weighted by Gasteiger charge is -2.25. The summed E-state index contributed by atoms with van der Waals surface area (Å²) in [6, 6.07) is 18.1. The molecule has 0 saturated carbocycles. The maximum Gasteiger partial charge on any atom is 0.258 e. The molecule has 1 aliphatic heterocycles. The summed E-state index contributed by atoms with van der Waals surface area (Å²) in [5, 5.41) is 3.53. The summed E-state index contributed by atoms with van der Waals surface area (Å²) in [6.45, 7) is 10.2. The van der Waals surface area contributed by atoms with Crippen molar-refractivity contribution in [2.24, 2.45) is 0 Å². The van der Waals surface area contributed by atoms with Gasteiger partial charge in [0.1, 0.15) is 5.75 Å². The molecule has 8 heteroatoms. The lowest BCUT2D eigenvalue weighted by atomic mass is 10.0. The van der Waals surface area contributed by atoms with Crippen LogP contribution in [0, 0.1) is 6.92 Å². The van der Waals surface area contributed by atoms with Crippen molar-refractivity contribution in [3.8, 4) is 5.75 Å². The Morgan fingerprint density at radius 1 is 1.07 bits per heavy atom. The lowest BCUT2D eigenvalue weighted by molar-refractivity contribution is 0.0335. The summed E-state index contributed by atoms with van der Waals surface area (Å²) in [4.78, 5) is 30.9. The normalized spacial score (nSPS) is 14.9. The van der Waals surface area contributed by atoms with E-state index in [4.69, 9.17) is 21.1 Å². The number of nitrogens with one attached hydrogen (secondary N) is 1. The van der Waals surface area contributed by atoms with Crippen LogP contribution in [0.1, 0.15) is 64.6 Å². The van der Waals surface area contributed by atoms with E-state index in [0.29, 0.717) is 40.7 Å². The van der Waals surface area contributed by atoms with E-state index in [1.807, 2.05) is 43.3 Å². The van der Waals surface area contributed by atoms with Crippen LogP contribution in [0.15, 0.2) is 60.7 Å². The molecule has 3 aromatic carbocycles. The van der Waals surface area contributed by atoms with Gasteiger partial charge < -0.3 is 24.6 Å². The first kappa shape index (κ1) is 29.6. The topological polar surface area (TPSA) is 71.1 Å². The van der Waals surface area contributed by atoms with E-state index in [9.17, 15) is 9.59 Å². The first-order chi connectivity index (χ1) is 19.4. The van der Waals surface area contributed by atoms with E-state index in [1.165, 1.54) is 7.11 Å². The number of methoxy groups -OCH3 is 1. The van der Waals surface area contributed by atoms with E-state index >= 15 is 0 Å². The van der Waals surface area contributed by atoms with Crippen LogP contribution in [0.2, 0.25) is 5.02 Å². The molecule has 212 valence electrons. The number of benzene rings is 3. The molecule has 7 nitrogen and oxygen atoms in total. The summed E-state index contributed by atoms with van der Waals surface area (Å²) in [7, 11) is 1.52. The van der Waals surface area contributed by atoms with Crippen molar-refractivity contribution in [2.75, 3.05) is 50.1 Å². The maximum absolute atomic E-state index is 13.9. The van der Waals surface area contributed by atoms with Crippen LogP contribution in [0.3, 0.4) is 0 Å². The molecule has 1 N–H and O–H groups in total. The molecule has 0 radical (unpaired) electrons. The van der Waals surface area contributed by atoms with E-state index in [2.05, 4.69) is 24.1 Å². The average Bonchev–Trinajstić information content (AvgIpc) is 3.14. The third-order valence-electron chi connectivity index (χ3n) is 7.43. The Balaban J connectivity index is 1.56. The summed E-state index contributed by atoms with van der Waals surface area (Å²) >= 11 is 6.40. The van der Waals surface area contributed by atoms with Crippen LogP contribution >= 0.6 is 11.6 Å². The van der Waals surface area contributed by atoms with E-state index in [1.54, 1.807) is 29.2 Å². The number of aryl methyl sites for hydroxylation is 1. The van der Waals surface area contributed by atoms with Crippen molar-refractivity contribution in [1.29, 1.82) is 0 Å². The number of ether oxygens (including phenoxy) is 2. The summed E-state index contributed by atoms with van der Waals surface area (Å²) < 4.78 is 11.9. The fourth-order valence-electron chi connectivity index (χ4n) is 5.09. The molecule has 0 bridgehead atoms. The number of amides is 2. The number of carbonyl (C=O) groups is 2. The van der Waals surface area contributed by atoms with Crippen LogP contribution in [-0.4, -0.2) is 56.6 Å². The lowest BCUT2D eigenvalue weighted by Crippen LogP contribution is -2.32. The van der Waals surface area contributed by atoms with Crippen molar-refractivity contribution < 1.29 is 19.1 Å². The van der Waals surface area contributed by atoms with Crippen LogP contribution in [0.4, 0.5) is 11.4 Å². The Kier molecular flexibility index (Phi) is 10.2. The predicted molar refractivity (Wildman–Crippen MR) is 161 cm³/mol. The molecule has 1 aliphatic rings. The molecule has 4 rings (SSSR count). The number of carbonyl (C=O) groups excluding carboxylic acids is 2. The van der Waals surface area contributed by atoms with Crippen molar-refractivity contribution in [3.05, 3.63) is 87.9 Å². The Labute approximate surface area is 242 Å². The number of hydrogen-bond acceptors (Lipinski definition) is 5. The van der Waals surface area contributed by atoms with Gasteiger partial charge >= 0.3 is 0 Å². The summed E-state index contributed by atoms with van der Waals surface area (Å²) in [5.74, 6) is 0.0276. The maximum atomic E-state index is 13.9. The highest BCUT2D eigenvalue weighted by Gasteiger charge is 2.28.